The zero-order valence-electron chi connectivity index (χ0n) is 17.8. The van der Waals surface area contributed by atoms with Crippen LogP contribution in [-0.4, -0.2) is 22.4 Å². The second-order valence-corrected chi connectivity index (χ2v) is 9.01. The highest BCUT2D eigenvalue weighted by Gasteiger charge is 2.38. The Kier molecular flexibility index (Phi) is 6.51. The average molecular weight is 448 g/mol. The third-order valence-electron chi connectivity index (χ3n) is 4.96. The Morgan fingerprint density at radius 2 is 1.81 bits per heavy atom. The highest BCUT2D eigenvalue weighted by Crippen LogP contribution is 2.39. The van der Waals surface area contributed by atoms with Crippen LogP contribution in [0, 0.1) is 11.6 Å². The molecule has 1 aliphatic heterocycles. The molecule has 0 bridgehead atoms. The number of amides is 1. The van der Waals surface area contributed by atoms with Gasteiger partial charge < -0.3 is 9.64 Å². The molecule has 164 valence electrons. The number of ether oxygens (including phenoxy) is 1. The van der Waals surface area contributed by atoms with Gasteiger partial charge in [0.2, 0.25) is 5.91 Å². The number of carbonyl (C=O) groups excluding carboxylic acids is 2. The number of rotatable bonds is 4. The molecule has 3 rings (SSSR count). The molecule has 0 aliphatic carbocycles. The van der Waals surface area contributed by atoms with E-state index in [0.29, 0.717) is 16.3 Å². The average Bonchev–Trinajstić information content (AvgIpc) is 2.62. The van der Waals surface area contributed by atoms with Crippen LogP contribution in [0.4, 0.5) is 8.78 Å². The molecule has 7 heteroatoms. The van der Waals surface area contributed by atoms with Crippen LogP contribution in [0.15, 0.2) is 53.7 Å². The van der Waals surface area contributed by atoms with Gasteiger partial charge in [-0.1, -0.05) is 23.7 Å². The first-order valence-electron chi connectivity index (χ1n) is 9.89. The summed E-state index contributed by atoms with van der Waals surface area (Å²) in [5.41, 5.74) is 0.988. The van der Waals surface area contributed by atoms with Gasteiger partial charge in [-0.05, 0) is 63.1 Å². The molecule has 0 fully saturated rings. The van der Waals surface area contributed by atoms with Crippen LogP contribution in [0.25, 0.3) is 0 Å². The predicted molar refractivity (Wildman–Crippen MR) is 114 cm³/mol. The van der Waals surface area contributed by atoms with Crippen molar-refractivity contribution >= 4 is 23.5 Å². The molecule has 1 amide bonds. The van der Waals surface area contributed by atoms with Gasteiger partial charge in [0.05, 0.1) is 12.1 Å². The molecule has 0 aromatic heterocycles. The minimum atomic E-state index is -0.735. The van der Waals surface area contributed by atoms with Crippen LogP contribution in [0.1, 0.15) is 51.2 Å². The second-order valence-electron chi connectivity index (χ2n) is 8.57. The van der Waals surface area contributed by atoms with E-state index in [9.17, 15) is 18.4 Å². The monoisotopic (exact) mass is 447 g/mol. The lowest BCUT2D eigenvalue weighted by atomic mass is 9.83. The van der Waals surface area contributed by atoms with Crippen molar-refractivity contribution in [3.63, 3.8) is 0 Å². The lowest BCUT2D eigenvalue weighted by Crippen LogP contribution is -2.39. The fourth-order valence-corrected chi connectivity index (χ4v) is 3.89. The standard InChI is InChI=1S/C24H24ClF2NO3/c1-14-22(23(30)31-24(2,3)4)20(16-6-5-7-17(25)10-16)12-21(29)28(14)13-15-8-18(26)11-19(27)9-15/h5-11,20H,12-13H2,1-4H3/t20-/m1/s1. The molecule has 0 saturated carbocycles. The van der Waals surface area contributed by atoms with Crippen molar-refractivity contribution in [2.45, 2.75) is 52.2 Å². The molecule has 0 N–H and O–H groups in total. The molecule has 0 radical (unpaired) electrons. The lowest BCUT2D eigenvalue weighted by molar-refractivity contribution is -0.150. The zero-order valence-corrected chi connectivity index (χ0v) is 18.6. The Balaban J connectivity index is 2.07. The van der Waals surface area contributed by atoms with Gasteiger partial charge in [0, 0.05) is 29.1 Å². The van der Waals surface area contributed by atoms with Crippen LogP contribution in [0.2, 0.25) is 5.02 Å². The van der Waals surface area contributed by atoms with E-state index in [-0.39, 0.29) is 24.4 Å². The van der Waals surface area contributed by atoms with Gasteiger partial charge in [-0.3, -0.25) is 4.79 Å². The van der Waals surface area contributed by atoms with Gasteiger partial charge >= 0.3 is 5.97 Å². The van der Waals surface area contributed by atoms with Crippen molar-refractivity contribution in [3.8, 4) is 0 Å². The first-order valence-corrected chi connectivity index (χ1v) is 10.3. The summed E-state index contributed by atoms with van der Waals surface area (Å²) in [6.07, 6.45) is 0.00402. The fourth-order valence-electron chi connectivity index (χ4n) is 3.69. The summed E-state index contributed by atoms with van der Waals surface area (Å²) in [4.78, 5) is 27.5. The van der Waals surface area contributed by atoms with Crippen LogP contribution >= 0.6 is 11.6 Å². The molecule has 4 nitrogen and oxygen atoms in total. The third-order valence-corrected chi connectivity index (χ3v) is 5.19. The summed E-state index contributed by atoms with van der Waals surface area (Å²) < 4.78 is 32.9. The zero-order chi connectivity index (χ0) is 22.9. The van der Waals surface area contributed by atoms with Crippen LogP contribution < -0.4 is 0 Å². The normalized spacial score (nSPS) is 17.2. The molecular formula is C24H24ClF2NO3. The van der Waals surface area contributed by atoms with Gasteiger partial charge in [0.25, 0.3) is 0 Å². The summed E-state index contributed by atoms with van der Waals surface area (Å²) in [5, 5.41) is 0.490. The van der Waals surface area contributed by atoms with Crippen molar-refractivity contribution in [2.24, 2.45) is 0 Å². The Bertz CT molecular complexity index is 1040. The maximum Gasteiger partial charge on any atom is 0.336 e. The molecule has 1 heterocycles. The van der Waals surface area contributed by atoms with E-state index in [2.05, 4.69) is 0 Å². The number of allylic oxidation sites excluding steroid dienone is 1. The molecular weight excluding hydrogens is 424 g/mol. The summed E-state index contributed by atoms with van der Waals surface area (Å²) in [6.45, 7) is 6.86. The number of hydrogen-bond donors (Lipinski definition) is 0. The van der Waals surface area contributed by atoms with Crippen molar-refractivity contribution in [3.05, 3.63) is 81.5 Å². The number of halogens is 3. The largest absolute Gasteiger partial charge is 0.457 e. The summed E-state index contributed by atoms with van der Waals surface area (Å²) in [7, 11) is 0. The van der Waals surface area contributed by atoms with Crippen LogP contribution in [0.5, 0.6) is 0 Å². The maximum atomic E-state index is 13.6. The summed E-state index contributed by atoms with van der Waals surface area (Å²) in [5.74, 6) is -2.81. The third kappa shape index (κ3) is 5.50. The van der Waals surface area contributed by atoms with E-state index in [1.807, 2.05) is 0 Å². The van der Waals surface area contributed by atoms with E-state index in [1.165, 1.54) is 17.0 Å². The van der Waals surface area contributed by atoms with E-state index >= 15 is 0 Å². The predicted octanol–water partition coefficient (Wildman–Crippen LogP) is 5.75. The number of hydrogen-bond acceptors (Lipinski definition) is 3. The number of esters is 1. The molecule has 2 aromatic rings. The SMILES string of the molecule is CC1=C(C(=O)OC(C)(C)C)[C@@H](c2cccc(Cl)c2)CC(=O)N1Cc1cc(F)cc(F)c1. The van der Waals surface area contributed by atoms with Crippen molar-refractivity contribution in [1.82, 2.24) is 4.90 Å². The van der Waals surface area contributed by atoms with E-state index < -0.39 is 29.1 Å². The summed E-state index contributed by atoms with van der Waals surface area (Å²) in [6, 6.07) is 10.1. The minimum Gasteiger partial charge on any atom is -0.457 e. The van der Waals surface area contributed by atoms with Gasteiger partial charge in [0.1, 0.15) is 17.2 Å². The summed E-state index contributed by atoms with van der Waals surface area (Å²) >= 11 is 6.14. The van der Waals surface area contributed by atoms with Gasteiger partial charge in [0.15, 0.2) is 0 Å². The van der Waals surface area contributed by atoms with Gasteiger partial charge in [-0.15, -0.1) is 0 Å². The van der Waals surface area contributed by atoms with Crippen molar-refractivity contribution in [1.29, 1.82) is 0 Å². The lowest BCUT2D eigenvalue weighted by Gasteiger charge is -2.35. The molecule has 0 unspecified atom stereocenters. The first-order chi connectivity index (χ1) is 14.4. The smallest absolute Gasteiger partial charge is 0.336 e. The minimum absolute atomic E-state index is 0.00402. The quantitative estimate of drug-likeness (QED) is 0.560. The first kappa shape index (κ1) is 22.9. The van der Waals surface area contributed by atoms with E-state index in [0.717, 1.165) is 11.6 Å². The molecule has 1 atom stereocenters. The molecule has 0 spiro atoms. The molecule has 2 aromatic carbocycles. The van der Waals surface area contributed by atoms with Crippen molar-refractivity contribution < 1.29 is 23.1 Å². The van der Waals surface area contributed by atoms with Crippen LogP contribution in [0.3, 0.4) is 0 Å². The van der Waals surface area contributed by atoms with E-state index in [4.69, 9.17) is 16.3 Å². The van der Waals surface area contributed by atoms with Crippen LogP contribution in [-0.2, 0) is 20.9 Å². The highest BCUT2D eigenvalue weighted by atomic mass is 35.5. The van der Waals surface area contributed by atoms with E-state index in [1.54, 1.807) is 52.0 Å². The number of nitrogens with zero attached hydrogens (tertiary/aromatic N) is 1. The molecule has 0 saturated heterocycles. The Morgan fingerprint density at radius 3 is 2.39 bits per heavy atom. The van der Waals surface area contributed by atoms with Gasteiger partial charge in [-0.25, -0.2) is 13.6 Å². The van der Waals surface area contributed by atoms with Crippen molar-refractivity contribution in [2.75, 3.05) is 0 Å². The second kappa shape index (κ2) is 8.79. The Hall–Kier alpha value is -2.73. The Morgan fingerprint density at radius 1 is 1.16 bits per heavy atom. The Labute approximate surface area is 185 Å². The fraction of sp³-hybridized carbons (Fsp3) is 0.333. The number of carbonyl (C=O) groups is 2. The highest BCUT2D eigenvalue weighted by molar-refractivity contribution is 6.30. The topological polar surface area (TPSA) is 46.6 Å². The maximum absolute atomic E-state index is 13.6. The molecule has 31 heavy (non-hydrogen) atoms. The van der Waals surface area contributed by atoms with Gasteiger partial charge in [-0.2, -0.15) is 0 Å². The molecule has 1 aliphatic rings. The number of benzene rings is 2.